The van der Waals surface area contributed by atoms with Crippen molar-refractivity contribution >= 4 is 23.7 Å². The maximum Gasteiger partial charge on any atom is 0.407 e. The molecule has 2 aromatic carbocycles. The number of fused-ring (bicyclic) bond motifs is 3. The van der Waals surface area contributed by atoms with Gasteiger partial charge in [0.1, 0.15) is 12.3 Å². The first-order chi connectivity index (χ1) is 13.8. The van der Waals surface area contributed by atoms with Gasteiger partial charge in [0.2, 0.25) is 0 Å². The van der Waals surface area contributed by atoms with Crippen LogP contribution in [-0.4, -0.2) is 30.5 Å². The number of nitrogens with one attached hydrogen (secondary N) is 1. The SMILES string of the molecule is O=Cc1csc(C#CCNC(=O)OCC2c3ccccc3-c3ccccc32)n1. The molecule has 0 saturated carbocycles. The van der Waals surface area contributed by atoms with Gasteiger partial charge in [0, 0.05) is 11.3 Å². The second kappa shape index (κ2) is 8.07. The van der Waals surface area contributed by atoms with Gasteiger partial charge in [0.25, 0.3) is 0 Å². The van der Waals surface area contributed by atoms with Gasteiger partial charge in [-0.3, -0.25) is 4.79 Å². The van der Waals surface area contributed by atoms with Crippen LogP contribution in [0, 0.1) is 11.8 Å². The standard InChI is InChI=1S/C22H16N2O3S/c25-12-15-14-28-21(24-15)10-5-11-23-22(26)27-13-20-18-8-3-1-6-16(18)17-7-2-4-9-19(17)20/h1-4,6-9,12,14,20H,11,13H2,(H,23,26). The van der Waals surface area contributed by atoms with Crippen molar-refractivity contribution in [2.75, 3.05) is 13.2 Å². The van der Waals surface area contributed by atoms with Crippen molar-refractivity contribution in [3.8, 4) is 23.0 Å². The van der Waals surface area contributed by atoms with Gasteiger partial charge >= 0.3 is 6.09 Å². The number of hydrogen-bond donors (Lipinski definition) is 1. The smallest absolute Gasteiger partial charge is 0.407 e. The number of alkyl carbamates (subject to hydrolysis) is 1. The maximum atomic E-state index is 12.0. The number of aromatic nitrogens is 1. The van der Waals surface area contributed by atoms with Crippen LogP contribution in [0.2, 0.25) is 0 Å². The van der Waals surface area contributed by atoms with Crippen LogP contribution in [0.15, 0.2) is 53.9 Å². The predicted octanol–water partition coefficient (Wildman–Crippen LogP) is 3.85. The summed E-state index contributed by atoms with van der Waals surface area (Å²) in [6, 6.07) is 16.4. The quantitative estimate of drug-likeness (QED) is 0.545. The van der Waals surface area contributed by atoms with Gasteiger partial charge in [0.15, 0.2) is 11.3 Å². The van der Waals surface area contributed by atoms with Gasteiger partial charge in [-0.05, 0) is 28.2 Å². The summed E-state index contributed by atoms with van der Waals surface area (Å²) in [5, 5.41) is 4.79. The molecule has 138 valence electrons. The predicted molar refractivity (Wildman–Crippen MR) is 107 cm³/mol. The van der Waals surface area contributed by atoms with E-state index < -0.39 is 6.09 Å². The number of hydrogen-bond acceptors (Lipinski definition) is 5. The molecule has 0 atom stereocenters. The van der Waals surface area contributed by atoms with E-state index in [0.29, 0.717) is 17.0 Å². The van der Waals surface area contributed by atoms with E-state index in [1.165, 1.54) is 33.6 Å². The topological polar surface area (TPSA) is 68.3 Å². The number of thiazole rings is 1. The Labute approximate surface area is 166 Å². The van der Waals surface area contributed by atoms with E-state index in [4.69, 9.17) is 4.74 Å². The second-order valence-corrected chi connectivity index (χ2v) is 7.03. The lowest BCUT2D eigenvalue weighted by Gasteiger charge is -2.14. The first-order valence-electron chi connectivity index (χ1n) is 8.74. The normalized spacial score (nSPS) is 11.7. The Hall–Kier alpha value is -3.43. The molecular weight excluding hydrogens is 372 g/mol. The van der Waals surface area contributed by atoms with E-state index >= 15 is 0 Å². The number of nitrogens with zero attached hydrogens (tertiary/aromatic N) is 1. The lowest BCUT2D eigenvalue weighted by atomic mass is 9.98. The van der Waals surface area contributed by atoms with Crippen molar-refractivity contribution in [2.24, 2.45) is 0 Å². The van der Waals surface area contributed by atoms with Crippen LogP contribution in [0.4, 0.5) is 4.79 Å². The Kier molecular flexibility index (Phi) is 5.18. The highest BCUT2D eigenvalue weighted by Gasteiger charge is 2.28. The Morgan fingerprint density at radius 3 is 2.46 bits per heavy atom. The zero-order valence-electron chi connectivity index (χ0n) is 14.8. The summed E-state index contributed by atoms with van der Waals surface area (Å²) in [4.78, 5) is 26.6. The van der Waals surface area contributed by atoms with Crippen molar-refractivity contribution in [1.29, 1.82) is 0 Å². The zero-order chi connectivity index (χ0) is 19.3. The lowest BCUT2D eigenvalue weighted by molar-refractivity contribution is 0.111. The molecule has 1 N–H and O–H groups in total. The van der Waals surface area contributed by atoms with Crippen molar-refractivity contribution in [3.05, 3.63) is 75.7 Å². The number of ether oxygens (including phenoxy) is 1. The van der Waals surface area contributed by atoms with E-state index in [-0.39, 0.29) is 19.1 Å². The molecule has 6 heteroatoms. The van der Waals surface area contributed by atoms with Gasteiger partial charge in [-0.25, -0.2) is 9.78 Å². The van der Waals surface area contributed by atoms with Crippen LogP contribution in [0.1, 0.15) is 32.5 Å². The Morgan fingerprint density at radius 2 is 1.82 bits per heavy atom. The highest BCUT2D eigenvalue weighted by Crippen LogP contribution is 2.44. The van der Waals surface area contributed by atoms with E-state index in [1.807, 2.05) is 24.3 Å². The van der Waals surface area contributed by atoms with E-state index in [2.05, 4.69) is 46.4 Å². The minimum absolute atomic E-state index is 0.0290. The highest BCUT2D eigenvalue weighted by atomic mass is 32.1. The third kappa shape index (κ3) is 3.66. The molecule has 0 spiro atoms. The minimum atomic E-state index is -0.510. The van der Waals surface area contributed by atoms with E-state index in [9.17, 15) is 9.59 Å². The molecule has 0 aliphatic heterocycles. The fraction of sp³-hybridized carbons (Fsp3) is 0.136. The third-order valence-electron chi connectivity index (χ3n) is 4.50. The zero-order valence-corrected chi connectivity index (χ0v) is 15.7. The van der Waals surface area contributed by atoms with Crippen molar-refractivity contribution < 1.29 is 14.3 Å². The second-order valence-electron chi connectivity index (χ2n) is 6.18. The number of aldehydes is 1. The van der Waals surface area contributed by atoms with Gasteiger partial charge < -0.3 is 10.1 Å². The average Bonchev–Trinajstić information content (AvgIpc) is 3.32. The number of amides is 1. The molecule has 3 aromatic rings. The highest BCUT2D eigenvalue weighted by molar-refractivity contribution is 7.10. The van der Waals surface area contributed by atoms with E-state index in [0.717, 1.165) is 0 Å². The third-order valence-corrected chi connectivity index (χ3v) is 5.28. The van der Waals surface area contributed by atoms with Crippen LogP contribution in [0.5, 0.6) is 0 Å². The molecule has 1 aliphatic rings. The first-order valence-corrected chi connectivity index (χ1v) is 9.62. The van der Waals surface area contributed by atoms with Crippen LogP contribution < -0.4 is 5.32 Å². The molecule has 1 aromatic heterocycles. The molecular formula is C22H16N2O3S. The molecule has 0 bridgehead atoms. The van der Waals surface area contributed by atoms with Crippen LogP contribution in [0.3, 0.4) is 0 Å². The number of benzene rings is 2. The van der Waals surface area contributed by atoms with Crippen molar-refractivity contribution in [2.45, 2.75) is 5.92 Å². The summed E-state index contributed by atoms with van der Waals surface area (Å²) in [7, 11) is 0. The fourth-order valence-corrected chi connectivity index (χ4v) is 3.91. The van der Waals surface area contributed by atoms with Crippen LogP contribution in [-0.2, 0) is 4.74 Å². The molecule has 0 fully saturated rings. The van der Waals surface area contributed by atoms with E-state index in [1.54, 1.807) is 5.38 Å². The number of rotatable bonds is 4. The van der Waals surface area contributed by atoms with Crippen LogP contribution in [0.25, 0.3) is 11.1 Å². The molecule has 0 saturated heterocycles. The monoisotopic (exact) mass is 388 g/mol. The van der Waals surface area contributed by atoms with Gasteiger partial charge in [0.05, 0.1) is 6.54 Å². The summed E-state index contributed by atoms with van der Waals surface area (Å²) < 4.78 is 5.44. The van der Waals surface area contributed by atoms with Gasteiger partial charge in [-0.1, -0.05) is 54.5 Å². The van der Waals surface area contributed by atoms with Crippen LogP contribution >= 0.6 is 11.3 Å². The first kappa shape index (κ1) is 18.0. The molecule has 5 nitrogen and oxygen atoms in total. The summed E-state index contributed by atoms with van der Waals surface area (Å²) in [6.45, 7) is 0.412. The number of carbonyl (C=O) groups is 2. The molecule has 1 heterocycles. The minimum Gasteiger partial charge on any atom is -0.449 e. The molecule has 0 unspecified atom stereocenters. The number of carbonyl (C=O) groups excluding carboxylic acids is 2. The fourth-order valence-electron chi connectivity index (χ4n) is 3.28. The lowest BCUT2D eigenvalue weighted by Crippen LogP contribution is -2.26. The Balaban J connectivity index is 1.35. The summed E-state index contributed by atoms with van der Waals surface area (Å²) >= 11 is 1.29. The molecule has 1 aliphatic carbocycles. The Bertz CT molecular complexity index is 1050. The Morgan fingerprint density at radius 1 is 1.14 bits per heavy atom. The summed E-state index contributed by atoms with van der Waals surface area (Å²) in [5.74, 6) is 5.63. The molecule has 4 rings (SSSR count). The molecule has 1 amide bonds. The maximum absolute atomic E-state index is 12.0. The van der Waals surface area contributed by atoms with Gasteiger partial charge in [-0.2, -0.15) is 0 Å². The van der Waals surface area contributed by atoms with Crippen molar-refractivity contribution in [3.63, 3.8) is 0 Å². The summed E-state index contributed by atoms with van der Waals surface area (Å²) in [5.41, 5.74) is 5.09. The van der Waals surface area contributed by atoms with Gasteiger partial charge in [-0.15, -0.1) is 11.3 Å². The summed E-state index contributed by atoms with van der Waals surface area (Å²) in [6.07, 6.45) is 0.167. The average molecular weight is 388 g/mol. The van der Waals surface area contributed by atoms with Crippen molar-refractivity contribution in [1.82, 2.24) is 10.3 Å². The molecule has 0 radical (unpaired) electrons. The molecule has 28 heavy (non-hydrogen) atoms. The largest absolute Gasteiger partial charge is 0.449 e.